The van der Waals surface area contributed by atoms with E-state index in [4.69, 9.17) is 5.11 Å². The monoisotopic (exact) mass is 322 g/mol. The van der Waals surface area contributed by atoms with Crippen LogP contribution in [0.3, 0.4) is 0 Å². The molecule has 1 rings (SSSR count). The number of halogens is 1. The van der Waals surface area contributed by atoms with Crippen molar-refractivity contribution in [3.8, 4) is 0 Å². The Morgan fingerprint density at radius 3 is 2.52 bits per heavy atom. The van der Waals surface area contributed by atoms with Gasteiger partial charge in [0.15, 0.2) is 0 Å². The first-order chi connectivity index (χ1) is 10.8. The van der Waals surface area contributed by atoms with E-state index in [1.165, 1.54) is 31.2 Å². The van der Waals surface area contributed by atoms with Crippen LogP contribution in [0.25, 0.3) is 0 Å². The molecule has 2 amide bonds. The third-order valence-corrected chi connectivity index (χ3v) is 3.04. The molecule has 7 heteroatoms. The molecule has 0 unspecified atom stereocenters. The molecular weight excluding hydrogens is 303 g/mol. The molecule has 0 saturated carbocycles. The summed E-state index contributed by atoms with van der Waals surface area (Å²) >= 11 is 0. The lowest BCUT2D eigenvalue weighted by Crippen LogP contribution is -2.52. The maximum absolute atomic E-state index is 13.2. The highest BCUT2D eigenvalue weighted by molar-refractivity contribution is 5.90. The zero-order valence-electron chi connectivity index (χ0n) is 12.7. The van der Waals surface area contributed by atoms with Crippen LogP contribution in [0, 0.1) is 5.82 Å². The maximum atomic E-state index is 13.2. The molecule has 0 fully saturated rings. The van der Waals surface area contributed by atoms with Crippen molar-refractivity contribution in [2.75, 3.05) is 0 Å². The fourth-order valence-corrected chi connectivity index (χ4v) is 2.01. The van der Waals surface area contributed by atoms with E-state index in [0.29, 0.717) is 5.56 Å². The van der Waals surface area contributed by atoms with E-state index in [-0.39, 0.29) is 12.8 Å². The molecule has 3 N–H and O–H groups in total. The quantitative estimate of drug-likeness (QED) is 0.623. The summed E-state index contributed by atoms with van der Waals surface area (Å²) in [5.41, 5.74) is 0.509. The smallest absolute Gasteiger partial charge is 0.326 e. The van der Waals surface area contributed by atoms with Crippen LogP contribution in [0.1, 0.15) is 18.9 Å². The van der Waals surface area contributed by atoms with E-state index in [9.17, 15) is 18.8 Å². The summed E-state index contributed by atoms with van der Waals surface area (Å²) in [7, 11) is 0. The van der Waals surface area contributed by atoms with Gasteiger partial charge in [0.25, 0.3) is 0 Å². The first-order valence-corrected chi connectivity index (χ1v) is 6.99. The third kappa shape index (κ3) is 6.29. The van der Waals surface area contributed by atoms with Crippen molar-refractivity contribution in [2.45, 2.75) is 31.8 Å². The lowest BCUT2D eigenvalue weighted by molar-refractivity contribution is -0.142. The number of hydrogen-bond donors (Lipinski definition) is 3. The standard InChI is InChI=1S/C16H19FN2O4/c1-3-5-13(16(22)23)19-15(21)14(18-10(2)20)9-11-6-4-7-12(17)8-11/h3-4,6-8,13-14H,1,5,9H2,2H3,(H,18,20)(H,19,21)(H,22,23)/t13-,14-/m1/s1. The largest absolute Gasteiger partial charge is 0.480 e. The van der Waals surface area contributed by atoms with Crippen molar-refractivity contribution in [3.63, 3.8) is 0 Å². The Kier molecular flexibility index (Phi) is 6.92. The third-order valence-electron chi connectivity index (χ3n) is 3.04. The highest BCUT2D eigenvalue weighted by atomic mass is 19.1. The molecule has 1 aromatic carbocycles. The van der Waals surface area contributed by atoms with Crippen LogP contribution in [0.15, 0.2) is 36.9 Å². The highest BCUT2D eigenvalue weighted by Gasteiger charge is 2.25. The average molecular weight is 322 g/mol. The Bertz CT molecular complexity index is 603. The van der Waals surface area contributed by atoms with Gasteiger partial charge in [-0.3, -0.25) is 9.59 Å². The minimum absolute atomic E-state index is 0.0452. The fourth-order valence-electron chi connectivity index (χ4n) is 2.01. The fraction of sp³-hybridized carbons (Fsp3) is 0.312. The number of amides is 2. The number of carbonyl (C=O) groups is 3. The summed E-state index contributed by atoms with van der Waals surface area (Å²) in [6.07, 6.45) is 1.47. The number of nitrogens with one attached hydrogen (secondary N) is 2. The maximum Gasteiger partial charge on any atom is 0.326 e. The van der Waals surface area contributed by atoms with Crippen LogP contribution < -0.4 is 10.6 Å². The molecule has 0 saturated heterocycles. The average Bonchev–Trinajstić information content (AvgIpc) is 2.45. The van der Waals surface area contributed by atoms with Crippen molar-refractivity contribution in [2.24, 2.45) is 0 Å². The summed E-state index contributed by atoms with van der Waals surface area (Å²) < 4.78 is 13.2. The molecule has 0 aromatic heterocycles. The lowest BCUT2D eigenvalue weighted by atomic mass is 10.0. The molecule has 0 aliphatic carbocycles. The van der Waals surface area contributed by atoms with Gasteiger partial charge in [0.1, 0.15) is 17.9 Å². The van der Waals surface area contributed by atoms with Gasteiger partial charge in [0.05, 0.1) is 0 Å². The second kappa shape index (κ2) is 8.67. The van der Waals surface area contributed by atoms with Gasteiger partial charge in [-0.25, -0.2) is 9.18 Å². The minimum atomic E-state index is -1.20. The number of rotatable bonds is 8. The van der Waals surface area contributed by atoms with Crippen LogP contribution in [-0.4, -0.2) is 35.0 Å². The van der Waals surface area contributed by atoms with Gasteiger partial charge in [0, 0.05) is 13.3 Å². The lowest BCUT2D eigenvalue weighted by Gasteiger charge is -2.20. The molecule has 2 atom stereocenters. The van der Waals surface area contributed by atoms with Crippen molar-refractivity contribution in [1.29, 1.82) is 0 Å². The molecule has 0 radical (unpaired) electrons. The Balaban J connectivity index is 2.87. The summed E-state index contributed by atoms with van der Waals surface area (Å²) in [5, 5.41) is 13.8. The van der Waals surface area contributed by atoms with E-state index >= 15 is 0 Å². The Morgan fingerprint density at radius 1 is 1.30 bits per heavy atom. The molecule has 0 aliphatic rings. The molecule has 1 aromatic rings. The number of hydrogen-bond acceptors (Lipinski definition) is 3. The van der Waals surface area contributed by atoms with Gasteiger partial charge in [-0.05, 0) is 24.1 Å². The van der Waals surface area contributed by atoms with Crippen molar-refractivity contribution in [3.05, 3.63) is 48.3 Å². The van der Waals surface area contributed by atoms with Gasteiger partial charge in [0.2, 0.25) is 11.8 Å². The summed E-state index contributed by atoms with van der Waals surface area (Å²) in [6.45, 7) is 4.68. The SMILES string of the molecule is C=CC[C@@H](NC(=O)[C@@H](Cc1cccc(F)c1)NC(C)=O)C(=O)O. The van der Waals surface area contributed by atoms with E-state index in [2.05, 4.69) is 17.2 Å². The van der Waals surface area contributed by atoms with E-state index in [1.54, 1.807) is 6.07 Å². The van der Waals surface area contributed by atoms with Crippen LogP contribution in [0.5, 0.6) is 0 Å². The number of carboxylic acids is 1. The Morgan fingerprint density at radius 2 is 2.00 bits per heavy atom. The van der Waals surface area contributed by atoms with Crippen LogP contribution >= 0.6 is 0 Å². The molecule has 0 aliphatic heterocycles. The van der Waals surface area contributed by atoms with Crippen molar-refractivity contribution >= 4 is 17.8 Å². The van der Waals surface area contributed by atoms with Crippen LogP contribution in [0.2, 0.25) is 0 Å². The molecule has 23 heavy (non-hydrogen) atoms. The zero-order chi connectivity index (χ0) is 17.4. The predicted octanol–water partition coefficient (Wildman–Crippen LogP) is 1.02. The molecular formula is C16H19FN2O4. The molecule has 6 nitrogen and oxygen atoms in total. The molecule has 0 heterocycles. The minimum Gasteiger partial charge on any atom is -0.480 e. The number of carboxylic acid groups (broad SMARTS) is 1. The second-order valence-electron chi connectivity index (χ2n) is 5.01. The van der Waals surface area contributed by atoms with Crippen molar-refractivity contribution in [1.82, 2.24) is 10.6 Å². The first-order valence-electron chi connectivity index (χ1n) is 6.99. The number of carbonyl (C=O) groups excluding carboxylic acids is 2. The van der Waals surface area contributed by atoms with Crippen LogP contribution in [0.4, 0.5) is 4.39 Å². The van der Waals surface area contributed by atoms with Crippen LogP contribution in [-0.2, 0) is 20.8 Å². The van der Waals surface area contributed by atoms with Gasteiger partial charge >= 0.3 is 5.97 Å². The van der Waals surface area contributed by atoms with Gasteiger partial charge < -0.3 is 15.7 Å². The number of benzene rings is 1. The van der Waals surface area contributed by atoms with Gasteiger partial charge in [-0.1, -0.05) is 18.2 Å². The second-order valence-corrected chi connectivity index (χ2v) is 5.01. The number of aliphatic carboxylic acids is 1. The highest BCUT2D eigenvalue weighted by Crippen LogP contribution is 2.07. The normalized spacial score (nSPS) is 12.8. The Hall–Kier alpha value is -2.70. The zero-order valence-corrected chi connectivity index (χ0v) is 12.7. The van der Waals surface area contributed by atoms with Gasteiger partial charge in [-0.15, -0.1) is 6.58 Å². The Labute approximate surface area is 133 Å². The molecule has 0 spiro atoms. The summed E-state index contributed by atoms with van der Waals surface area (Å²) in [5.74, 6) is -2.76. The first kappa shape index (κ1) is 18.3. The summed E-state index contributed by atoms with van der Waals surface area (Å²) in [6, 6.07) is 3.49. The van der Waals surface area contributed by atoms with Gasteiger partial charge in [-0.2, -0.15) is 0 Å². The van der Waals surface area contributed by atoms with E-state index in [0.717, 1.165) is 0 Å². The van der Waals surface area contributed by atoms with E-state index in [1.807, 2.05) is 0 Å². The predicted molar refractivity (Wildman–Crippen MR) is 82.1 cm³/mol. The molecule has 0 bridgehead atoms. The van der Waals surface area contributed by atoms with E-state index < -0.39 is 35.7 Å². The van der Waals surface area contributed by atoms with Crippen molar-refractivity contribution < 1.29 is 23.9 Å². The topological polar surface area (TPSA) is 95.5 Å². The summed E-state index contributed by atoms with van der Waals surface area (Å²) in [4.78, 5) is 34.6. The molecule has 124 valence electrons.